The fourth-order valence-electron chi connectivity index (χ4n) is 1.72. The van der Waals surface area contributed by atoms with Gasteiger partial charge in [0, 0.05) is 5.39 Å². The van der Waals surface area contributed by atoms with E-state index >= 15 is 0 Å². The van der Waals surface area contributed by atoms with Crippen LogP contribution in [0.3, 0.4) is 0 Å². The highest BCUT2D eigenvalue weighted by Crippen LogP contribution is 2.34. The Bertz CT molecular complexity index is 720. The van der Waals surface area contributed by atoms with Gasteiger partial charge in [0.2, 0.25) is 0 Å². The Kier molecular flexibility index (Phi) is 3.31. The molecule has 0 atom stereocenters. The van der Waals surface area contributed by atoms with Crippen LogP contribution in [0.25, 0.3) is 10.9 Å². The third kappa shape index (κ3) is 2.91. The lowest BCUT2D eigenvalue weighted by Crippen LogP contribution is -2.12. The van der Waals surface area contributed by atoms with Gasteiger partial charge in [-0.15, -0.1) is 0 Å². The molecule has 2 rings (SSSR count). The van der Waals surface area contributed by atoms with Crippen molar-refractivity contribution in [2.75, 3.05) is 0 Å². The van der Waals surface area contributed by atoms with Crippen molar-refractivity contribution in [1.29, 1.82) is 0 Å². The average molecular weight is 309 g/mol. The van der Waals surface area contributed by atoms with Gasteiger partial charge in [-0.3, -0.25) is 0 Å². The highest BCUT2D eigenvalue weighted by Gasteiger charge is 2.35. The zero-order chi connectivity index (χ0) is 16.0. The van der Waals surface area contributed by atoms with Crippen molar-refractivity contribution in [1.82, 2.24) is 4.98 Å². The molecule has 0 unspecified atom stereocenters. The first kappa shape index (κ1) is 15.1. The molecule has 0 aliphatic carbocycles. The Hall–Kier alpha value is -2.32. The van der Waals surface area contributed by atoms with Gasteiger partial charge in [0.25, 0.3) is 0 Å². The number of carbonyl (C=O) groups is 1. The summed E-state index contributed by atoms with van der Waals surface area (Å²) >= 11 is 0. The number of pyridine rings is 1. The molecular weight excluding hydrogens is 304 g/mol. The van der Waals surface area contributed by atoms with E-state index in [2.05, 4.69) is 4.98 Å². The Labute approximate surface area is 112 Å². The van der Waals surface area contributed by atoms with Crippen LogP contribution in [0, 0.1) is 0 Å². The summed E-state index contributed by atoms with van der Waals surface area (Å²) in [4.78, 5) is 14.1. The molecule has 1 aromatic carbocycles. The zero-order valence-corrected chi connectivity index (χ0v) is 9.88. The first-order chi connectivity index (χ1) is 9.50. The second kappa shape index (κ2) is 4.61. The number of rotatable bonds is 1. The molecule has 2 aromatic rings. The second-order valence-electron chi connectivity index (χ2n) is 4.09. The minimum Gasteiger partial charge on any atom is -0.478 e. The lowest BCUT2D eigenvalue weighted by Gasteiger charge is -2.12. The predicted molar refractivity (Wildman–Crippen MR) is 58.7 cm³/mol. The maximum atomic E-state index is 12.6. The molecule has 1 N–H and O–H groups in total. The molecule has 3 nitrogen and oxygen atoms in total. The topological polar surface area (TPSA) is 50.2 Å². The summed E-state index contributed by atoms with van der Waals surface area (Å²) < 4.78 is 75.5. The van der Waals surface area contributed by atoms with Gasteiger partial charge in [-0.25, -0.2) is 9.78 Å². The molecule has 0 amide bonds. The van der Waals surface area contributed by atoms with Crippen LogP contribution in [0.2, 0.25) is 0 Å². The van der Waals surface area contributed by atoms with Crippen molar-refractivity contribution in [2.24, 2.45) is 0 Å². The van der Waals surface area contributed by atoms with E-state index in [0.29, 0.717) is 18.2 Å². The average Bonchev–Trinajstić information content (AvgIpc) is 2.34. The Morgan fingerprint density at radius 3 is 2.10 bits per heavy atom. The fourth-order valence-corrected chi connectivity index (χ4v) is 1.72. The van der Waals surface area contributed by atoms with E-state index < -0.39 is 46.0 Å². The summed E-state index contributed by atoms with van der Waals surface area (Å²) in [7, 11) is 0. The lowest BCUT2D eigenvalue weighted by molar-refractivity contribution is -0.141. The molecule has 112 valence electrons. The van der Waals surface area contributed by atoms with Crippen molar-refractivity contribution in [3.63, 3.8) is 0 Å². The summed E-state index contributed by atoms with van der Waals surface area (Å²) in [5.74, 6) is -1.77. The highest BCUT2D eigenvalue weighted by atomic mass is 19.4. The first-order valence-electron chi connectivity index (χ1n) is 5.32. The number of aromatic nitrogens is 1. The van der Waals surface area contributed by atoms with Crippen LogP contribution in [0.4, 0.5) is 26.3 Å². The number of carboxylic acid groups (broad SMARTS) is 1. The number of hydrogen-bond acceptors (Lipinski definition) is 2. The van der Waals surface area contributed by atoms with E-state index in [1.165, 1.54) is 0 Å². The van der Waals surface area contributed by atoms with Crippen molar-refractivity contribution in [3.8, 4) is 0 Å². The molecule has 0 saturated heterocycles. The maximum absolute atomic E-state index is 12.6. The molecule has 1 heterocycles. The molecule has 0 radical (unpaired) electrons. The number of halogens is 6. The van der Waals surface area contributed by atoms with Crippen molar-refractivity contribution < 1.29 is 36.2 Å². The monoisotopic (exact) mass is 309 g/mol. The summed E-state index contributed by atoms with van der Waals surface area (Å²) in [5, 5.41) is 8.38. The quantitative estimate of drug-likeness (QED) is 0.811. The largest absolute Gasteiger partial charge is 0.478 e. The minimum absolute atomic E-state index is 0.213. The summed E-state index contributed by atoms with van der Waals surface area (Å²) in [6, 6.07) is 1.93. The number of fused-ring (bicyclic) bond motifs is 1. The van der Waals surface area contributed by atoms with Crippen molar-refractivity contribution >= 4 is 16.9 Å². The van der Waals surface area contributed by atoms with Crippen molar-refractivity contribution in [3.05, 3.63) is 41.1 Å². The third-order valence-corrected chi connectivity index (χ3v) is 2.66. The summed E-state index contributed by atoms with van der Waals surface area (Å²) in [5.41, 5.74) is -4.01. The Balaban J connectivity index is 2.80. The molecular formula is C12H5F6NO2. The Morgan fingerprint density at radius 1 is 1.00 bits per heavy atom. The van der Waals surface area contributed by atoms with Crippen LogP contribution in [0.1, 0.15) is 21.6 Å². The van der Waals surface area contributed by atoms with Gasteiger partial charge in [-0.05, 0) is 24.3 Å². The van der Waals surface area contributed by atoms with Gasteiger partial charge >= 0.3 is 18.3 Å². The van der Waals surface area contributed by atoms with E-state index in [1.807, 2.05) is 0 Å². The Morgan fingerprint density at radius 2 is 1.62 bits per heavy atom. The first-order valence-corrected chi connectivity index (χ1v) is 5.32. The van der Waals surface area contributed by atoms with Gasteiger partial charge < -0.3 is 5.11 Å². The third-order valence-electron chi connectivity index (χ3n) is 2.66. The van der Waals surface area contributed by atoms with Crippen LogP contribution in [-0.4, -0.2) is 16.1 Å². The number of benzene rings is 1. The van der Waals surface area contributed by atoms with Gasteiger partial charge in [0.15, 0.2) is 0 Å². The molecule has 0 bridgehead atoms. The van der Waals surface area contributed by atoms with Crippen LogP contribution in [0.15, 0.2) is 24.3 Å². The van der Waals surface area contributed by atoms with Crippen LogP contribution in [0.5, 0.6) is 0 Å². The standard InChI is InChI=1S/C12H5F6NO2/c13-11(14,15)5-1-2-8-6(3-5)7(10(20)21)4-9(19-8)12(16,17)18/h1-4H,(H,20,21). The molecule has 0 saturated carbocycles. The van der Waals surface area contributed by atoms with Crippen LogP contribution < -0.4 is 0 Å². The van der Waals surface area contributed by atoms with Gasteiger partial charge in [0.05, 0.1) is 16.6 Å². The lowest BCUT2D eigenvalue weighted by atomic mass is 10.0. The number of carboxylic acids is 1. The van der Waals surface area contributed by atoms with Gasteiger partial charge in [-0.1, -0.05) is 0 Å². The van der Waals surface area contributed by atoms with E-state index in [4.69, 9.17) is 5.11 Å². The molecule has 0 fully saturated rings. The van der Waals surface area contributed by atoms with E-state index in [9.17, 15) is 31.1 Å². The molecule has 9 heteroatoms. The SMILES string of the molecule is O=C(O)c1cc(C(F)(F)F)nc2ccc(C(F)(F)F)cc12. The molecule has 1 aromatic heterocycles. The van der Waals surface area contributed by atoms with Crippen LogP contribution >= 0.6 is 0 Å². The zero-order valence-electron chi connectivity index (χ0n) is 9.88. The summed E-state index contributed by atoms with van der Waals surface area (Å²) in [6.07, 6.45) is -9.65. The number of aromatic carboxylic acids is 1. The fraction of sp³-hybridized carbons (Fsp3) is 0.167. The van der Waals surface area contributed by atoms with E-state index in [0.717, 1.165) is 0 Å². The van der Waals surface area contributed by atoms with E-state index in [1.54, 1.807) is 0 Å². The minimum atomic E-state index is -4.90. The van der Waals surface area contributed by atoms with Gasteiger partial charge in [-0.2, -0.15) is 26.3 Å². The smallest absolute Gasteiger partial charge is 0.433 e. The molecule has 0 aliphatic rings. The maximum Gasteiger partial charge on any atom is 0.433 e. The van der Waals surface area contributed by atoms with Gasteiger partial charge in [0.1, 0.15) is 5.69 Å². The molecule has 0 spiro atoms. The van der Waals surface area contributed by atoms with E-state index in [-0.39, 0.29) is 6.07 Å². The number of alkyl halides is 6. The molecule has 21 heavy (non-hydrogen) atoms. The normalized spacial score (nSPS) is 12.7. The molecule has 0 aliphatic heterocycles. The summed E-state index contributed by atoms with van der Waals surface area (Å²) in [6.45, 7) is 0. The number of hydrogen-bond donors (Lipinski definition) is 1. The van der Waals surface area contributed by atoms with Crippen LogP contribution in [-0.2, 0) is 12.4 Å². The predicted octanol–water partition coefficient (Wildman–Crippen LogP) is 3.97. The number of nitrogens with zero attached hydrogens (tertiary/aromatic N) is 1. The van der Waals surface area contributed by atoms with Crippen molar-refractivity contribution in [2.45, 2.75) is 12.4 Å². The second-order valence-corrected chi connectivity index (χ2v) is 4.09. The highest BCUT2D eigenvalue weighted by molar-refractivity contribution is 6.02.